The van der Waals surface area contributed by atoms with Gasteiger partial charge in [-0.1, -0.05) is 0 Å². The summed E-state index contributed by atoms with van der Waals surface area (Å²) in [7, 11) is 0. The third kappa shape index (κ3) is 2.44. The van der Waals surface area contributed by atoms with Crippen molar-refractivity contribution in [2.75, 3.05) is 6.79 Å². The number of fused-ring (bicyclic) bond motifs is 1. The van der Waals surface area contributed by atoms with E-state index in [9.17, 15) is 5.11 Å². The Morgan fingerprint density at radius 3 is 2.70 bits per heavy atom. The molecular formula is C15H17NO4. The predicted molar refractivity (Wildman–Crippen MR) is 72.9 cm³/mol. The number of hydrogen-bond donors (Lipinski definition) is 2. The van der Waals surface area contributed by atoms with Gasteiger partial charge in [-0.15, -0.1) is 0 Å². The van der Waals surface area contributed by atoms with E-state index in [-0.39, 0.29) is 18.6 Å². The van der Waals surface area contributed by atoms with Gasteiger partial charge in [0.15, 0.2) is 11.5 Å². The Kier molecular flexibility index (Phi) is 3.28. The first kappa shape index (κ1) is 12.9. The highest BCUT2D eigenvalue weighted by Crippen LogP contribution is 2.37. The lowest BCUT2D eigenvalue weighted by atomic mass is 10.1. The van der Waals surface area contributed by atoms with Crippen LogP contribution in [-0.2, 0) is 6.54 Å². The van der Waals surface area contributed by atoms with Crippen molar-refractivity contribution in [2.45, 2.75) is 26.4 Å². The molecule has 0 saturated carbocycles. The number of furan rings is 1. The third-order valence-corrected chi connectivity index (χ3v) is 3.36. The minimum absolute atomic E-state index is 0.0634. The minimum atomic E-state index is 0.0634. The number of nitrogens with one attached hydrogen (secondary N) is 1. The quantitative estimate of drug-likeness (QED) is 0.898. The Labute approximate surface area is 117 Å². The van der Waals surface area contributed by atoms with E-state index < -0.39 is 0 Å². The predicted octanol–water partition coefficient (Wildman–Crippen LogP) is 2.87. The van der Waals surface area contributed by atoms with Crippen LogP contribution in [0.25, 0.3) is 0 Å². The van der Waals surface area contributed by atoms with Gasteiger partial charge in [0, 0.05) is 18.2 Å². The van der Waals surface area contributed by atoms with Gasteiger partial charge in [-0.05, 0) is 32.0 Å². The molecule has 1 aliphatic heterocycles. The zero-order valence-corrected chi connectivity index (χ0v) is 11.5. The van der Waals surface area contributed by atoms with Gasteiger partial charge in [0.2, 0.25) is 6.79 Å². The number of benzene rings is 1. The molecule has 0 saturated heterocycles. The second-order valence-electron chi connectivity index (χ2n) is 4.89. The Bertz CT molecular complexity index is 620. The Morgan fingerprint density at radius 1 is 1.25 bits per heavy atom. The molecule has 2 heterocycles. The van der Waals surface area contributed by atoms with Crippen molar-refractivity contribution in [3.8, 4) is 17.2 Å². The van der Waals surface area contributed by atoms with E-state index in [2.05, 4.69) is 5.32 Å². The van der Waals surface area contributed by atoms with Gasteiger partial charge in [-0.25, -0.2) is 0 Å². The van der Waals surface area contributed by atoms with Gasteiger partial charge in [0.25, 0.3) is 0 Å². The van der Waals surface area contributed by atoms with Crippen LogP contribution in [0.5, 0.6) is 17.2 Å². The molecule has 0 fully saturated rings. The number of phenolic OH excluding ortho intramolecular Hbond substituents is 1. The largest absolute Gasteiger partial charge is 0.507 e. The van der Waals surface area contributed by atoms with Gasteiger partial charge in [-0.3, -0.25) is 0 Å². The molecule has 106 valence electrons. The lowest BCUT2D eigenvalue weighted by Crippen LogP contribution is -2.17. The summed E-state index contributed by atoms with van der Waals surface area (Å²) in [4.78, 5) is 0. The average Bonchev–Trinajstić information content (AvgIpc) is 3.04. The van der Waals surface area contributed by atoms with Gasteiger partial charge < -0.3 is 24.3 Å². The molecule has 5 nitrogen and oxygen atoms in total. The van der Waals surface area contributed by atoms with Crippen LogP contribution >= 0.6 is 0 Å². The van der Waals surface area contributed by atoms with Crippen LogP contribution in [0.15, 0.2) is 28.7 Å². The molecule has 1 unspecified atom stereocenters. The first-order chi connectivity index (χ1) is 9.63. The molecule has 0 bridgehead atoms. The zero-order chi connectivity index (χ0) is 14.1. The summed E-state index contributed by atoms with van der Waals surface area (Å²) in [5.41, 5.74) is 0.768. The number of ether oxygens (including phenoxy) is 2. The van der Waals surface area contributed by atoms with Crippen molar-refractivity contribution in [3.63, 3.8) is 0 Å². The van der Waals surface area contributed by atoms with Crippen LogP contribution in [0.3, 0.4) is 0 Å². The van der Waals surface area contributed by atoms with Crippen molar-refractivity contribution in [1.29, 1.82) is 0 Å². The van der Waals surface area contributed by atoms with E-state index in [1.165, 1.54) is 0 Å². The van der Waals surface area contributed by atoms with E-state index in [1.807, 2.05) is 26.0 Å². The highest BCUT2D eigenvalue weighted by atomic mass is 16.7. The van der Waals surface area contributed by atoms with Crippen molar-refractivity contribution in [2.24, 2.45) is 0 Å². The van der Waals surface area contributed by atoms with Crippen molar-refractivity contribution in [1.82, 2.24) is 5.32 Å². The number of phenols is 1. The van der Waals surface area contributed by atoms with Gasteiger partial charge in [0.1, 0.15) is 17.3 Å². The molecule has 20 heavy (non-hydrogen) atoms. The van der Waals surface area contributed by atoms with Crippen LogP contribution < -0.4 is 14.8 Å². The zero-order valence-electron chi connectivity index (χ0n) is 11.5. The standard InChI is InChI=1S/C15H17NO4/c1-9-3-4-13(20-9)10(2)16-7-11-5-14-15(6-12(11)17)19-8-18-14/h3-6,10,16-17H,7-8H2,1-2H3. The fourth-order valence-corrected chi connectivity index (χ4v) is 2.16. The first-order valence-electron chi connectivity index (χ1n) is 6.54. The third-order valence-electron chi connectivity index (χ3n) is 3.36. The van der Waals surface area contributed by atoms with Crippen molar-refractivity contribution in [3.05, 3.63) is 41.3 Å². The summed E-state index contributed by atoms with van der Waals surface area (Å²) in [6.45, 7) is 4.65. The summed E-state index contributed by atoms with van der Waals surface area (Å²) >= 11 is 0. The molecule has 3 rings (SSSR count). The summed E-state index contributed by atoms with van der Waals surface area (Å²) in [5, 5.41) is 13.3. The van der Waals surface area contributed by atoms with Gasteiger partial charge in [0.05, 0.1) is 6.04 Å². The van der Waals surface area contributed by atoms with Crippen LogP contribution in [0.1, 0.15) is 30.0 Å². The Morgan fingerprint density at radius 2 is 2.00 bits per heavy atom. The summed E-state index contributed by atoms with van der Waals surface area (Å²) in [6.07, 6.45) is 0. The second kappa shape index (κ2) is 5.09. The normalized spacial score (nSPS) is 14.5. The van der Waals surface area contributed by atoms with E-state index >= 15 is 0 Å². The smallest absolute Gasteiger partial charge is 0.231 e. The van der Waals surface area contributed by atoms with Crippen LogP contribution in [0, 0.1) is 6.92 Å². The van der Waals surface area contributed by atoms with E-state index in [0.717, 1.165) is 17.1 Å². The topological polar surface area (TPSA) is 63.9 Å². The van der Waals surface area contributed by atoms with Gasteiger partial charge in [-0.2, -0.15) is 0 Å². The van der Waals surface area contributed by atoms with Crippen LogP contribution in [0.2, 0.25) is 0 Å². The van der Waals surface area contributed by atoms with Gasteiger partial charge >= 0.3 is 0 Å². The number of hydrogen-bond acceptors (Lipinski definition) is 5. The maximum Gasteiger partial charge on any atom is 0.231 e. The molecule has 0 spiro atoms. The number of aromatic hydroxyl groups is 1. The summed E-state index contributed by atoms with van der Waals surface area (Å²) in [5.74, 6) is 3.22. The van der Waals surface area contributed by atoms with Crippen LogP contribution in [-0.4, -0.2) is 11.9 Å². The molecule has 1 aliphatic rings. The second-order valence-corrected chi connectivity index (χ2v) is 4.89. The Balaban J connectivity index is 1.69. The summed E-state index contributed by atoms with van der Waals surface area (Å²) in [6, 6.07) is 7.33. The van der Waals surface area contributed by atoms with E-state index in [1.54, 1.807) is 12.1 Å². The lowest BCUT2D eigenvalue weighted by molar-refractivity contribution is 0.174. The molecule has 0 amide bonds. The molecular weight excluding hydrogens is 258 g/mol. The molecule has 0 aliphatic carbocycles. The first-order valence-corrected chi connectivity index (χ1v) is 6.54. The monoisotopic (exact) mass is 275 g/mol. The van der Waals surface area contributed by atoms with Crippen molar-refractivity contribution < 1.29 is 19.0 Å². The maximum absolute atomic E-state index is 9.96. The molecule has 2 N–H and O–H groups in total. The molecule has 1 aromatic carbocycles. The van der Waals surface area contributed by atoms with Crippen LogP contribution in [0.4, 0.5) is 0 Å². The highest BCUT2D eigenvalue weighted by Gasteiger charge is 2.17. The Hall–Kier alpha value is -2.14. The van der Waals surface area contributed by atoms with Crippen molar-refractivity contribution >= 4 is 0 Å². The molecule has 5 heteroatoms. The molecule has 2 aromatic rings. The highest BCUT2D eigenvalue weighted by molar-refractivity contribution is 5.51. The minimum Gasteiger partial charge on any atom is -0.507 e. The molecule has 0 radical (unpaired) electrons. The molecule has 1 atom stereocenters. The number of aryl methyl sites for hydroxylation is 1. The fourth-order valence-electron chi connectivity index (χ4n) is 2.16. The average molecular weight is 275 g/mol. The van der Waals surface area contributed by atoms with E-state index in [4.69, 9.17) is 13.9 Å². The maximum atomic E-state index is 9.96. The SMILES string of the molecule is Cc1ccc(C(C)NCc2cc3c(cc2O)OCO3)o1. The fraction of sp³-hybridized carbons (Fsp3) is 0.333. The van der Waals surface area contributed by atoms with E-state index in [0.29, 0.717) is 18.0 Å². The lowest BCUT2D eigenvalue weighted by Gasteiger charge is -2.12. The summed E-state index contributed by atoms with van der Waals surface area (Å²) < 4.78 is 16.1. The number of rotatable bonds is 4. The molecule has 1 aromatic heterocycles.